The van der Waals surface area contributed by atoms with Crippen LogP contribution in [-0.2, 0) is 11.2 Å². The maximum atomic E-state index is 12.5. The van der Waals surface area contributed by atoms with Gasteiger partial charge in [-0.15, -0.1) is 0 Å². The van der Waals surface area contributed by atoms with E-state index >= 15 is 0 Å². The zero-order valence-corrected chi connectivity index (χ0v) is 14.5. The Balaban J connectivity index is 1.69. The Morgan fingerprint density at radius 2 is 2.04 bits per heavy atom. The van der Waals surface area contributed by atoms with Gasteiger partial charge in [-0.05, 0) is 42.7 Å². The van der Waals surface area contributed by atoms with Crippen LogP contribution in [-0.4, -0.2) is 21.1 Å². The molecule has 0 radical (unpaired) electrons. The van der Waals surface area contributed by atoms with Crippen LogP contribution in [0, 0.1) is 0 Å². The highest BCUT2D eigenvalue weighted by Crippen LogP contribution is 2.28. The third-order valence-electron chi connectivity index (χ3n) is 3.68. The van der Waals surface area contributed by atoms with E-state index in [0.29, 0.717) is 22.9 Å². The molecule has 1 aromatic carbocycles. The van der Waals surface area contributed by atoms with Crippen LogP contribution in [0.2, 0.25) is 0 Å². The predicted octanol–water partition coefficient (Wildman–Crippen LogP) is 4.29. The van der Waals surface area contributed by atoms with Gasteiger partial charge in [-0.2, -0.15) is 4.98 Å². The number of benzene rings is 1. The lowest BCUT2D eigenvalue weighted by molar-refractivity contribution is -0.115. The molecule has 1 atom stereocenters. The average Bonchev–Trinajstić information content (AvgIpc) is 3.02. The van der Waals surface area contributed by atoms with Crippen molar-refractivity contribution in [2.75, 3.05) is 5.32 Å². The van der Waals surface area contributed by atoms with Gasteiger partial charge in [0.2, 0.25) is 5.91 Å². The van der Waals surface area contributed by atoms with Crippen LogP contribution < -0.4 is 5.32 Å². The largest absolute Gasteiger partial charge is 0.430 e. The molecule has 3 rings (SSSR count). The van der Waals surface area contributed by atoms with E-state index in [2.05, 4.69) is 22.2 Å². The molecule has 0 saturated carbocycles. The molecule has 0 fully saturated rings. The monoisotopic (exact) mass is 341 g/mol. The van der Waals surface area contributed by atoms with E-state index in [0.717, 1.165) is 12.1 Å². The molecule has 0 unspecified atom stereocenters. The summed E-state index contributed by atoms with van der Waals surface area (Å²) in [4.78, 5) is 21.0. The second-order valence-corrected chi connectivity index (χ2v) is 6.51. The number of carbonyl (C=O) groups is 1. The molecule has 0 spiro atoms. The zero-order chi connectivity index (χ0) is 16.9. The Hall–Kier alpha value is -2.34. The molecule has 124 valence electrons. The molecule has 24 heavy (non-hydrogen) atoms. The number of rotatable bonds is 6. The number of amides is 1. The van der Waals surface area contributed by atoms with E-state index in [1.807, 2.05) is 37.3 Å². The normalized spacial score (nSPS) is 12.2. The molecule has 0 aliphatic carbocycles. The molecule has 0 bridgehead atoms. The summed E-state index contributed by atoms with van der Waals surface area (Å²) in [7, 11) is 0. The topological polar surface area (TPSA) is 68.0 Å². The number of oxazole rings is 1. The fourth-order valence-electron chi connectivity index (χ4n) is 2.29. The smallest absolute Gasteiger partial charge is 0.259 e. The first-order valence-electron chi connectivity index (χ1n) is 7.97. The molecule has 1 amide bonds. The first-order valence-corrected chi connectivity index (χ1v) is 8.85. The van der Waals surface area contributed by atoms with Crippen LogP contribution in [0.1, 0.15) is 25.8 Å². The summed E-state index contributed by atoms with van der Waals surface area (Å²) in [6.07, 6.45) is 3.33. The quantitative estimate of drug-likeness (QED) is 0.677. The van der Waals surface area contributed by atoms with Crippen molar-refractivity contribution in [1.29, 1.82) is 0 Å². The number of thioether (sulfide) groups is 1. The van der Waals surface area contributed by atoms with Crippen LogP contribution in [0.15, 0.2) is 52.2 Å². The van der Waals surface area contributed by atoms with Crippen LogP contribution in [0.5, 0.6) is 0 Å². The van der Waals surface area contributed by atoms with Crippen molar-refractivity contribution in [1.82, 2.24) is 9.97 Å². The van der Waals surface area contributed by atoms with Gasteiger partial charge in [0.25, 0.3) is 5.22 Å². The number of nitrogens with zero attached hydrogens (tertiary/aromatic N) is 2. The number of aromatic nitrogens is 2. The van der Waals surface area contributed by atoms with Gasteiger partial charge in [0.05, 0.1) is 5.25 Å². The first-order chi connectivity index (χ1) is 11.7. The standard InChI is InChI=1S/C18H19N3O2S/c1-3-12-7-9-13(10-8-12)20-17(22)15(4-2)24-18-21-16-14(23-18)6-5-11-19-16/h5-11,15H,3-4H2,1-2H3,(H,20,22)/t15-/m1/s1. The minimum absolute atomic E-state index is 0.0537. The van der Waals surface area contributed by atoms with Crippen LogP contribution in [0.3, 0.4) is 0 Å². The van der Waals surface area contributed by atoms with Crippen molar-refractivity contribution in [3.8, 4) is 0 Å². The van der Waals surface area contributed by atoms with Crippen molar-refractivity contribution < 1.29 is 9.21 Å². The van der Waals surface area contributed by atoms with E-state index in [-0.39, 0.29) is 11.2 Å². The maximum Gasteiger partial charge on any atom is 0.259 e. The van der Waals surface area contributed by atoms with Gasteiger partial charge in [-0.1, -0.05) is 37.7 Å². The second-order valence-electron chi connectivity index (χ2n) is 5.36. The van der Waals surface area contributed by atoms with Gasteiger partial charge in [0.15, 0.2) is 11.2 Å². The van der Waals surface area contributed by atoms with Gasteiger partial charge in [0.1, 0.15) is 0 Å². The number of anilines is 1. The Morgan fingerprint density at radius 3 is 2.71 bits per heavy atom. The lowest BCUT2D eigenvalue weighted by atomic mass is 10.1. The fourth-order valence-corrected chi connectivity index (χ4v) is 3.14. The molecule has 1 N–H and O–H groups in total. The second kappa shape index (κ2) is 7.49. The Kier molecular flexibility index (Phi) is 5.15. The zero-order valence-electron chi connectivity index (χ0n) is 13.7. The SMILES string of the molecule is CCc1ccc(NC(=O)[C@@H](CC)Sc2nc3ncccc3o2)cc1. The highest BCUT2D eigenvalue weighted by molar-refractivity contribution is 8.00. The summed E-state index contributed by atoms with van der Waals surface area (Å²) < 4.78 is 5.64. The Bertz CT molecular complexity index is 797. The van der Waals surface area contributed by atoms with E-state index in [4.69, 9.17) is 4.42 Å². The van der Waals surface area contributed by atoms with Crippen molar-refractivity contribution in [3.05, 3.63) is 48.2 Å². The third-order valence-corrected chi connectivity index (χ3v) is 4.89. The van der Waals surface area contributed by atoms with Gasteiger partial charge in [-0.25, -0.2) is 4.98 Å². The Labute approximate surface area is 144 Å². The van der Waals surface area contributed by atoms with Gasteiger partial charge in [-0.3, -0.25) is 4.79 Å². The van der Waals surface area contributed by atoms with Crippen molar-refractivity contribution in [2.45, 2.75) is 37.2 Å². The number of fused-ring (bicyclic) bond motifs is 1. The van der Waals surface area contributed by atoms with Gasteiger partial charge in [0, 0.05) is 11.9 Å². The molecule has 0 saturated heterocycles. The number of aryl methyl sites for hydroxylation is 1. The molecule has 0 aliphatic heterocycles. The van der Waals surface area contributed by atoms with E-state index in [1.54, 1.807) is 12.3 Å². The fraction of sp³-hybridized carbons (Fsp3) is 0.278. The summed E-state index contributed by atoms with van der Waals surface area (Å²) in [6, 6.07) is 11.5. The van der Waals surface area contributed by atoms with Crippen LogP contribution in [0.4, 0.5) is 5.69 Å². The average molecular weight is 341 g/mol. The molecule has 6 heteroatoms. The van der Waals surface area contributed by atoms with E-state index in [1.165, 1.54) is 17.3 Å². The molecule has 5 nitrogen and oxygen atoms in total. The number of hydrogen-bond donors (Lipinski definition) is 1. The molecule has 2 aromatic heterocycles. The highest BCUT2D eigenvalue weighted by atomic mass is 32.2. The minimum Gasteiger partial charge on any atom is -0.430 e. The highest BCUT2D eigenvalue weighted by Gasteiger charge is 2.21. The number of hydrogen-bond acceptors (Lipinski definition) is 5. The molecular weight excluding hydrogens is 322 g/mol. The number of pyridine rings is 1. The summed E-state index contributed by atoms with van der Waals surface area (Å²) in [5.41, 5.74) is 3.24. The van der Waals surface area contributed by atoms with E-state index < -0.39 is 0 Å². The minimum atomic E-state index is -0.274. The lowest BCUT2D eigenvalue weighted by Crippen LogP contribution is -2.24. The first kappa shape index (κ1) is 16.5. The predicted molar refractivity (Wildman–Crippen MR) is 96.2 cm³/mol. The van der Waals surface area contributed by atoms with Crippen LogP contribution >= 0.6 is 11.8 Å². The molecule has 2 heterocycles. The number of nitrogens with one attached hydrogen (secondary N) is 1. The van der Waals surface area contributed by atoms with Crippen molar-refractivity contribution in [2.24, 2.45) is 0 Å². The maximum absolute atomic E-state index is 12.5. The van der Waals surface area contributed by atoms with Gasteiger partial charge < -0.3 is 9.73 Å². The molecule has 0 aliphatic rings. The lowest BCUT2D eigenvalue weighted by Gasteiger charge is -2.13. The molecule has 3 aromatic rings. The van der Waals surface area contributed by atoms with E-state index in [9.17, 15) is 4.79 Å². The summed E-state index contributed by atoms with van der Waals surface area (Å²) in [6.45, 7) is 4.07. The third kappa shape index (κ3) is 3.76. The number of carbonyl (C=O) groups excluding carboxylic acids is 1. The summed E-state index contributed by atoms with van der Waals surface area (Å²) >= 11 is 1.32. The van der Waals surface area contributed by atoms with Gasteiger partial charge >= 0.3 is 0 Å². The molecular formula is C18H19N3O2S. The summed E-state index contributed by atoms with van der Waals surface area (Å²) in [5, 5.41) is 3.14. The Morgan fingerprint density at radius 1 is 1.25 bits per heavy atom. The van der Waals surface area contributed by atoms with Crippen molar-refractivity contribution in [3.63, 3.8) is 0 Å². The van der Waals surface area contributed by atoms with Crippen molar-refractivity contribution >= 4 is 34.6 Å². The van der Waals surface area contributed by atoms with Crippen LogP contribution in [0.25, 0.3) is 11.2 Å². The summed E-state index contributed by atoms with van der Waals surface area (Å²) in [5.74, 6) is -0.0537.